The van der Waals surface area contributed by atoms with Crippen LogP contribution in [0.1, 0.15) is 27.7 Å². The number of amides is 3. The number of primary amides is 1. The molecule has 1 saturated heterocycles. The number of hydrogen-bond acceptors (Lipinski definition) is 5. The van der Waals surface area contributed by atoms with Gasteiger partial charge >= 0.3 is 6.09 Å². The molecule has 1 unspecified atom stereocenters. The maximum absolute atomic E-state index is 12.0. The summed E-state index contributed by atoms with van der Waals surface area (Å²) in [7, 11) is 0. The van der Waals surface area contributed by atoms with Crippen LogP contribution in [0.15, 0.2) is 0 Å². The molecule has 1 heterocycles. The quantitative estimate of drug-likeness (QED) is 0.731. The van der Waals surface area contributed by atoms with Gasteiger partial charge in [0.15, 0.2) is 0 Å². The van der Waals surface area contributed by atoms with Crippen molar-refractivity contribution in [3.8, 4) is 0 Å². The number of carbonyl (C=O) groups is 3. The number of nitrogens with two attached hydrogens (primary N) is 1. The number of nitrogens with one attached hydrogen (secondary N) is 1. The molecule has 3 N–H and O–H groups in total. The highest BCUT2D eigenvalue weighted by atomic mass is 16.6. The van der Waals surface area contributed by atoms with E-state index in [4.69, 9.17) is 15.2 Å². The van der Waals surface area contributed by atoms with E-state index in [9.17, 15) is 14.4 Å². The van der Waals surface area contributed by atoms with Crippen molar-refractivity contribution in [2.45, 2.75) is 45.4 Å². The summed E-state index contributed by atoms with van der Waals surface area (Å²) in [6, 6.07) is -1.64. The molecule has 1 aliphatic heterocycles. The lowest BCUT2D eigenvalue weighted by Crippen LogP contribution is -2.52. The van der Waals surface area contributed by atoms with Crippen molar-refractivity contribution in [2.75, 3.05) is 13.3 Å². The van der Waals surface area contributed by atoms with Crippen LogP contribution in [0, 0.1) is 0 Å². The van der Waals surface area contributed by atoms with E-state index in [1.807, 2.05) is 0 Å². The van der Waals surface area contributed by atoms with Crippen molar-refractivity contribution in [2.24, 2.45) is 5.73 Å². The zero-order valence-electron chi connectivity index (χ0n) is 12.1. The molecule has 0 aromatic carbocycles. The van der Waals surface area contributed by atoms with E-state index >= 15 is 0 Å². The standard InChI is InChI=1S/C12H21N3O5/c1-7(9(13)16)14-10(17)8-5-19-6-15(8)11(18)20-12(2,3)4/h7-8H,5-6H2,1-4H3,(H2,13,16)(H,14,17)/t7?,8-/m0/s1. The molecule has 20 heavy (non-hydrogen) atoms. The van der Waals surface area contributed by atoms with Crippen LogP contribution >= 0.6 is 0 Å². The molecule has 8 nitrogen and oxygen atoms in total. The molecule has 0 bridgehead atoms. The zero-order valence-corrected chi connectivity index (χ0v) is 12.1. The van der Waals surface area contributed by atoms with E-state index < -0.39 is 35.6 Å². The maximum atomic E-state index is 12.0. The Kier molecular flexibility index (Phi) is 4.93. The van der Waals surface area contributed by atoms with Crippen LogP contribution in [-0.4, -0.2) is 53.8 Å². The second-order valence-corrected chi connectivity index (χ2v) is 5.60. The van der Waals surface area contributed by atoms with E-state index in [0.29, 0.717) is 0 Å². The molecule has 1 rings (SSSR count). The Morgan fingerprint density at radius 2 is 2.00 bits per heavy atom. The van der Waals surface area contributed by atoms with Crippen LogP contribution in [0.2, 0.25) is 0 Å². The first kappa shape index (κ1) is 16.2. The Morgan fingerprint density at radius 3 is 2.50 bits per heavy atom. The van der Waals surface area contributed by atoms with Crippen LogP contribution in [0.25, 0.3) is 0 Å². The van der Waals surface area contributed by atoms with Crippen LogP contribution in [0.4, 0.5) is 4.79 Å². The highest BCUT2D eigenvalue weighted by Gasteiger charge is 2.38. The highest BCUT2D eigenvalue weighted by molar-refractivity contribution is 5.90. The predicted octanol–water partition coefficient (Wildman–Crippen LogP) is -0.430. The van der Waals surface area contributed by atoms with Gasteiger partial charge < -0.3 is 20.5 Å². The summed E-state index contributed by atoms with van der Waals surface area (Å²) < 4.78 is 10.3. The van der Waals surface area contributed by atoms with E-state index in [2.05, 4.69) is 5.32 Å². The first-order valence-electron chi connectivity index (χ1n) is 6.29. The van der Waals surface area contributed by atoms with Crippen molar-refractivity contribution in [1.29, 1.82) is 0 Å². The number of rotatable bonds is 3. The third-order valence-electron chi connectivity index (χ3n) is 2.60. The van der Waals surface area contributed by atoms with Gasteiger partial charge in [-0.05, 0) is 27.7 Å². The smallest absolute Gasteiger partial charge is 0.412 e. The summed E-state index contributed by atoms with van der Waals surface area (Å²) in [5.74, 6) is -1.15. The van der Waals surface area contributed by atoms with Crippen molar-refractivity contribution in [3.63, 3.8) is 0 Å². The van der Waals surface area contributed by atoms with Gasteiger partial charge in [-0.2, -0.15) is 0 Å². The Morgan fingerprint density at radius 1 is 1.40 bits per heavy atom. The maximum Gasteiger partial charge on any atom is 0.412 e. The Bertz CT molecular complexity index is 404. The van der Waals surface area contributed by atoms with Gasteiger partial charge in [0, 0.05) is 0 Å². The van der Waals surface area contributed by atoms with E-state index in [1.54, 1.807) is 20.8 Å². The van der Waals surface area contributed by atoms with Crippen molar-refractivity contribution >= 4 is 17.9 Å². The number of ether oxygens (including phenoxy) is 2. The van der Waals surface area contributed by atoms with Gasteiger partial charge in [-0.1, -0.05) is 0 Å². The second kappa shape index (κ2) is 6.08. The zero-order chi connectivity index (χ0) is 15.5. The third-order valence-corrected chi connectivity index (χ3v) is 2.60. The molecule has 2 atom stereocenters. The molecule has 8 heteroatoms. The van der Waals surface area contributed by atoms with Crippen LogP contribution in [-0.2, 0) is 19.1 Å². The first-order chi connectivity index (χ1) is 9.11. The Hall–Kier alpha value is -1.83. The van der Waals surface area contributed by atoms with Gasteiger partial charge in [-0.15, -0.1) is 0 Å². The topological polar surface area (TPSA) is 111 Å². The van der Waals surface area contributed by atoms with Crippen LogP contribution in [0.5, 0.6) is 0 Å². The largest absolute Gasteiger partial charge is 0.444 e. The molecule has 1 aliphatic rings. The molecule has 114 valence electrons. The van der Waals surface area contributed by atoms with E-state index in [1.165, 1.54) is 11.8 Å². The molecule has 3 amide bonds. The van der Waals surface area contributed by atoms with E-state index in [-0.39, 0.29) is 13.3 Å². The summed E-state index contributed by atoms with van der Waals surface area (Å²) in [6.45, 7) is 6.67. The summed E-state index contributed by atoms with van der Waals surface area (Å²) >= 11 is 0. The van der Waals surface area contributed by atoms with Crippen LogP contribution < -0.4 is 11.1 Å². The fraction of sp³-hybridized carbons (Fsp3) is 0.750. The lowest BCUT2D eigenvalue weighted by atomic mass is 10.2. The normalized spacial score (nSPS) is 20.4. The molecule has 0 spiro atoms. The summed E-state index contributed by atoms with van der Waals surface area (Å²) in [6.07, 6.45) is -0.637. The van der Waals surface area contributed by atoms with Gasteiger partial charge in [0.2, 0.25) is 11.8 Å². The highest BCUT2D eigenvalue weighted by Crippen LogP contribution is 2.16. The SMILES string of the molecule is CC(NC(=O)[C@@H]1COCN1C(=O)OC(C)(C)C)C(N)=O. The average molecular weight is 287 g/mol. The van der Waals surface area contributed by atoms with Gasteiger partial charge in [0.25, 0.3) is 0 Å². The van der Waals surface area contributed by atoms with Crippen LogP contribution in [0.3, 0.4) is 0 Å². The third kappa shape index (κ3) is 4.37. The Labute approximate surface area is 117 Å². The molecule has 0 saturated carbocycles. The lowest BCUT2D eigenvalue weighted by Gasteiger charge is -2.27. The molecule has 0 aliphatic carbocycles. The Balaban J connectivity index is 2.67. The minimum absolute atomic E-state index is 0.0298. The number of hydrogen-bond donors (Lipinski definition) is 2. The van der Waals surface area contributed by atoms with Crippen molar-refractivity contribution < 1.29 is 23.9 Å². The van der Waals surface area contributed by atoms with Gasteiger partial charge in [-0.3, -0.25) is 14.5 Å². The molecule has 1 fully saturated rings. The number of nitrogens with zero attached hydrogens (tertiary/aromatic N) is 1. The first-order valence-corrected chi connectivity index (χ1v) is 6.29. The summed E-state index contributed by atoms with van der Waals surface area (Å²) in [5, 5.41) is 2.43. The van der Waals surface area contributed by atoms with Crippen molar-refractivity contribution in [3.05, 3.63) is 0 Å². The molecule has 0 aromatic rings. The predicted molar refractivity (Wildman–Crippen MR) is 69.5 cm³/mol. The molecule has 0 radical (unpaired) electrons. The van der Waals surface area contributed by atoms with E-state index in [0.717, 1.165) is 0 Å². The lowest BCUT2D eigenvalue weighted by molar-refractivity contribution is -0.129. The molecular weight excluding hydrogens is 266 g/mol. The fourth-order valence-corrected chi connectivity index (χ4v) is 1.54. The summed E-state index contributed by atoms with van der Waals surface area (Å²) in [4.78, 5) is 36.0. The van der Waals surface area contributed by atoms with Gasteiger partial charge in [0.05, 0.1) is 6.61 Å². The van der Waals surface area contributed by atoms with Gasteiger partial charge in [-0.25, -0.2) is 4.79 Å². The second-order valence-electron chi connectivity index (χ2n) is 5.60. The number of carbonyl (C=O) groups excluding carboxylic acids is 3. The molecular formula is C12H21N3O5. The van der Waals surface area contributed by atoms with Crippen molar-refractivity contribution in [1.82, 2.24) is 10.2 Å². The monoisotopic (exact) mass is 287 g/mol. The van der Waals surface area contributed by atoms with Gasteiger partial charge in [0.1, 0.15) is 24.4 Å². The minimum atomic E-state index is -0.827. The average Bonchev–Trinajstić information content (AvgIpc) is 2.74. The molecule has 0 aromatic heterocycles. The summed E-state index contributed by atoms with van der Waals surface area (Å²) in [5.41, 5.74) is 4.41. The minimum Gasteiger partial charge on any atom is -0.444 e. The fourth-order valence-electron chi connectivity index (χ4n) is 1.54.